The second-order valence-corrected chi connectivity index (χ2v) is 2.31. The van der Waals surface area contributed by atoms with Gasteiger partial charge in [0.25, 0.3) is 0 Å². The van der Waals surface area contributed by atoms with Crippen LogP contribution in [0.2, 0.25) is 0 Å². The lowest BCUT2D eigenvalue weighted by Gasteiger charge is -2.03. The molecule has 2 N–H and O–H groups in total. The molecule has 3 heteroatoms. The van der Waals surface area contributed by atoms with Crippen LogP contribution in [0.15, 0.2) is 24.3 Å². The van der Waals surface area contributed by atoms with Gasteiger partial charge in [-0.2, -0.15) is 10.5 Å². The van der Waals surface area contributed by atoms with Gasteiger partial charge < -0.3 is 5.73 Å². The van der Waals surface area contributed by atoms with Crippen LogP contribution in [0.25, 0.3) is 0 Å². The van der Waals surface area contributed by atoms with E-state index in [1.807, 2.05) is 12.1 Å². The van der Waals surface area contributed by atoms with E-state index in [2.05, 4.69) is 0 Å². The van der Waals surface area contributed by atoms with Crippen molar-refractivity contribution in [2.75, 3.05) is 0 Å². The first-order valence-corrected chi connectivity index (χ1v) is 3.44. The van der Waals surface area contributed by atoms with E-state index in [1.165, 1.54) is 0 Å². The third-order valence-electron chi connectivity index (χ3n) is 1.56. The smallest absolute Gasteiger partial charge is 0.120 e. The average Bonchev–Trinajstić information content (AvgIpc) is 2.16. The zero-order valence-electron chi connectivity index (χ0n) is 6.36. The van der Waals surface area contributed by atoms with E-state index in [0.717, 1.165) is 0 Å². The van der Waals surface area contributed by atoms with Crippen LogP contribution in [-0.2, 0) is 0 Å². The highest BCUT2D eigenvalue weighted by Gasteiger charge is 2.07. The van der Waals surface area contributed by atoms with Gasteiger partial charge >= 0.3 is 0 Å². The summed E-state index contributed by atoms with van der Waals surface area (Å²) < 4.78 is 0. The molecule has 58 valence electrons. The van der Waals surface area contributed by atoms with Gasteiger partial charge in [0.05, 0.1) is 17.7 Å². The zero-order valence-corrected chi connectivity index (χ0v) is 6.36. The van der Waals surface area contributed by atoms with Crippen molar-refractivity contribution in [2.24, 2.45) is 5.73 Å². The van der Waals surface area contributed by atoms with Crippen LogP contribution < -0.4 is 5.73 Å². The van der Waals surface area contributed by atoms with E-state index in [0.29, 0.717) is 11.1 Å². The van der Waals surface area contributed by atoms with E-state index in [-0.39, 0.29) is 0 Å². The molecule has 12 heavy (non-hydrogen) atoms. The highest BCUT2D eigenvalue weighted by Crippen LogP contribution is 2.13. The Morgan fingerprint density at radius 2 is 1.92 bits per heavy atom. The Morgan fingerprint density at radius 1 is 1.25 bits per heavy atom. The van der Waals surface area contributed by atoms with Crippen molar-refractivity contribution in [1.82, 2.24) is 0 Å². The second-order valence-electron chi connectivity index (χ2n) is 2.31. The van der Waals surface area contributed by atoms with E-state index < -0.39 is 6.04 Å². The fraction of sp³-hybridized carbons (Fsp3) is 0.111. The quantitative estimate of drug-likeness (QED) is 0.662. The minimum Gasteiger partial charge on any atom is -0.312 e. The van der Waals surface area contributed by atoms with Crippen molar-refractivity contribution in [1.29, 1.82) is 10.5 Å². The van der Waals surface area contributed by atoms with Crippen LogP contribution in [-0.4, -0.2) is 0 Å². The number of hydrogen-bond donors (Lipinski definition) is 1. The Balaban J connectivity index is 3.18. The summed E-state index contributed by atoms with van der Waals surface area (Å²) in [6.07, 6.45) is 0. The standard InChI is InChI=1S/C9H7N3/c10-5-7-3-1-2-4-8(7)9(12)6-11/h1-4,9H,12H2. The maximum atomic E-state index is 8.65. The number of rotatable bonds is 1. The van der Waals surface area contributed by atoms with Crippen LogP contribution in [0.3, 0.4) is 0 Å². The summed E-state index contributed by atoms with van der Waals surface area (Å²) in [6, 6.07) is 9.99. The first-order valence-electron chi connectivity index (χ1n) is 3.44. The number of nitriles is 2. The summed E-state index contributed by atoms with van der Waals surface area (Å²) in [5.74, 6) is 0. The summed E-state index contributed by atoms with van der Waals surface area (Å²) in [7, 11) is 0. The van der Waals surface area contributed by atoms with Crippen molar-refractivity contribution < 1.29 is 0 Å². The SMILES string of the molecule is N#Cc1ccccc1C(N)C#N. The average molecular weight is 157 g/mol. The fourth-order valence-electron chi connectivity index (χ4n) is 0.940. The van der Waals surface area contributed by atoms with Crippen molar-refractivity contribution in [2.45, 2.75) is 6.04 Å². The number of benzene rings is 1. The topological polar surface area (TPSA) is 73.6 Å². The maximum Gasteiger partial charge on any atom is 0.120 e. The molecule has 1 unspecified atom stereocenters. The molecule has 0 saturated carbocycles. The maximum absolute atomic E-state index is 8.65. The largest absolute Gasteiger partial charge is 0.312 e. The Morgan fingerprint density at radius 3 is 2.50 bits per heavy atom. The van der Waals surface area contributed by atoms with E-state index in [4.69, 9.17) is 16.3 Å². The molecule has 1 atom stereocenters. The molecule has 0 radical (unpaired) electrons. The summed E-state index contributed by atoms with van der Waals surface area (Å²) in [5.41, 5.74) is 6.51. The molecule has 0 amide bonds. The van der Waals surface area contributed by atoms with Gasteiger partial charge in [0.2, 0.25) is 0 Å². The van der Waals surface area contributed by atoms with Crippen molar-refractivity contribution in [3.8, 4) is 12.1 Å². The molecule has 0 heterocycles. The lowest BCUT2D eigenvalue weighted by Crippen LogP contribution is -2.08. The molecule has 0 fully saturated rings. The first kappa shape index (κ1) is 8.26. The van der Waals surface area contributed by atoms with Crippen LogP contribution in [0.1, 0.15) is 17.2 Å². The molecule has 1 aromatic carbocycles. The number of nitrogens with zero attached hydrogens (tertiary/aromatic N) is 2. The minimum absolute atomic E-state index is 0.464. The number of hydrogen-bond acceptors (Lipinski definition) is 3. The summed E-state index contributed by atoms with van der Waals surface area (Å²) in [6.45, 7) is 0. The van der Waals surface area contributed by atoms with Gasteiger partial charge in [0.1, 0.15) is 6.04 Å². The van der Waals surface area contributed by atoms with Gasteiger partial charge in [-0.1, -0.05) is 18.2 Å². The summed E-state index contributed by atoms with van der Waals surface area (Å²) >= 11 is 0. The predicted molar refractivity (Wildman–Crippen MR) is 43.7 cm³/mol. The second kappa shape index (κ2) is 3.52. The normalized spacial score (nSPS) is 11.2. The lowest BCUT2D eigenvalue weighted by atomic mass is 10.0. The molecule has 0 aliphatic rings. The molecule has 0 spiro atoms. The number of nitrogens with two attached hydrogens (primary N) is 1. The van der Waals surface area contributed by atoms with Gasteiger partial charge in [-0.3, -0.25) is 0 Å². The molecule has 3 nitrogen and oxygen atoms in total. The monoisotopic (exact) mass is 157 g/mol. The van der Waals surface area contributed by atoms with Crippen molar-refractivity contribution >= 4 is 0 Å². The van der Waals surface area contributed by atoms with Crippen LogP contribution in [0.5, 0.6) is 0 Å². The van der Waals surface area contributed by atoms with Crippen molar-refractivity contribution in [3.05, 3.63) is 35.4 Å². The summed E-state index contributed by atoms with van der Waals surface area (Å²) in [5, 5.41) is 17.2. The van der Waals surface area contributed by atoms with Gasteiger partial charge in [-0.05, 0) is 6.07 Å². The van der Waals surface area contributed by atoms with Gasteiger partial charge in [0, 0.05) is 5.56 Å². The Hall–Kier alpha value is -1.84. The molecule has 0 saturated heterocycles. The Bertz CT molecular complexity index is 357. The lowest BCUT2D eigenvalue weighted by molar-refractivity contribution is 0.921. The molecule has 0 aliphatic carbocycles. The molecule has 1 aromatic rings. The van der Waals surface area contributed by atoms with E-state index in [9.17, 15) is 0 Å². The molecule has 1 rings (SSSR count). The van der Waals surface area contributed by atoms with Crippen LogP contribution in [0, 0.1) is 22.7 Å². The van der Waals surface area contributed by atoms with E-state index in [1.54, 1.807) is 24.3 Å². The third-order valence-corrected chi connectivity index (χ3v) is 1.56. The van der Waals surface area contributed by atoms with Crippen molar-refractivity contribution in [3.63, 3.8) is 0 Å². The highest BCUT2D eigenvalue weighted by atomic mass is 14.6. The zero-order chi connectivity index (χ0) is 8.97. The molecule has 0 aliphatic heterocycles. The van der Waals surface area contributed by atoms with Gasteiger partial charge in [0.15, 0.2) is 0 Å². The molecule has 0 aromatic heterocycles. The van der Waals surface area contributed by atoms with Crippen LogP contribution in [0.4, 0.5) is 0 Å². The highest BCUT2D eigenvalue weighted by molar-refractivity contribution is 5.41. The first-order chi connectivity index (χ1) is 5.79. The summed E-state index contributed by atoms with van der Waals surface area (Å²) in [4.78, 5) is 0. The van der Waals surface area contributed by atoms with Gasteiger partial charge in [-0.25, -0.2) is 0 Å². The van der Waals surface area contributed by atoms with Gasteiger partial charge in [-0.15, -0.1) is 0 Å². The Labute approximate surface area is 70.7 Å². The van der Waals surface area contributed by atoms with Crippen LogP contribution >= 0.6 is 0 Å². The molecular formula is C9H7N3. The molecule has 0 bridgehead atoms. The predicted octanol–water partition coefficient (Wildman–Crippen LogP) is 1.08. The fourth-order valence-corrected chi connectivity index (χ4v) is 0.940. The molecular weight excluding hydrogens is 150 g/mol. The third kappa shape index (κ3) is 1.42. The Kier molecular flexibility index (Phi) is 2.42. The van der Waals surface area contributed by atoms with E-state index >= 15 is 0 Å². The minimum atomic E-state index is -0.708.